The molecule has 228 valence electrons. The van der Waals surface area contributed by atoms with Crippen molar-refractivity contribution in [2.24, 2.45) is 11.3 Å². The first-order chi connectivity index (χ1) is 20.5. The fourth-order valence-corrected chi connectivity index (χ4v) is 7.51. The molecule has 0 aliphatic carbocycles. The van der Waals surface area contributed by atoms with Crippen LogP contribution in [0.2, 0.25) is 0 Å². The van der Waals surface area contributed by atoms with Crippen LogP contribution in [0.4, 0.5) is 0 Å². The van der Waals surface area contributed by atoms with E-state index in [2.05, 4.69) is 70.8 Å². The second-order valence-electron chi connectivity index (χ2n) is 13.8. The van der Waals surface area contributed by atoms with Crippen molar-refractivity contribution in [2.45, 2.75) is 78.3 Å². The van der Waals surface area contributed by atoms with Crippen molar-refractivity contribution in [3.05, 3.63) is 88.2 Å². The van der Waals surface area contributed by atoms with Crippen molar-refractivity contribution in [1.82, 2.24) is 19.6 Å². The zero-order chi connectivity index (χ0) is 30.7. The number of likely N-dealkylation sites (tertiary alicyclic amines) is 2. The van der Waals surface area contributed by atoms with Gasteiger partial charge in [-0.25, -0.2) is 0 Å². The molecule has 0 radical (unpaired) electrons. The van der Waals surface area contributed by atoms with E-state index in [9.17, 15) is 15.2 Å². The predicted molar refractivity (Wildman–Crippen MR) is 170 cm³/mol. The predicted octanol–water partition coefficient (Wildman–Crippen LogP) is 6.07. The van der Waals surface area contributed by atoms with Crippen molar-refractivity contribution in [2.75, 3.05) is 32.7 Å². The summed E-state index contributed by atoms with van der Waals surface area (Å²) in [6.07, 6.45) is 2.93. The fraction of sp³-hybridized carbons (Fsp3) is 0.528. The quantitative estimate of drug-likeness (QED) is 0.330. The molecule has 5 rings (SSSR count). The van der Waals surface area contributed by atoms with E-state index in [0.29, 0.717) is 23.3 Å². The van der Waals surface area contributed by atoms with Gasteiger partial charge in [-0.15, -0.1) is 0 Å². The highest BCUT2D eigenvalue weighted by Crippen LogP contribution is 2.39. The van der Waals surface area contributed by atoms with Crippen LogP contribution in [0.5, 0.6) is 0 Å². The van der Waals surface area contributed by atoms with Crippen molar-refractivity contribution in [1.29, 1.82) is 5.26 Å². The molecule has 7 heteroatoms. The molecule has 0 saturated carbocycles. The molecule has 0 spiro atoms. The Hall–Kier alpha value is -3.47. The second kappa shape index (κ2) is 13.0. The maximum atomic E-state index is 12.4. The minimum absolute atomic E-state index is 0.324. The molecule has 3 atom stereocenters. The minimum Gasteiger partial charge on any atom is -0.480 e. The molecule has 7 nitrogen and oxygen atoms in total. The molecule has 0 bridgehead atoms. The lowest BCUT2D eigenvalue weighted by molar-refractivity contribution is -0.147. The van der Waals surface area contributed by atoms with Crippen LogP contribution in [-0.2, 0) is 17.8 Å². The first-order valence-electron chi connectivity index (χ1n) is 15.9. The van der Waals surface area contributed by atoms with Gasteiger partial charge in [0.1, 0.15) is 6.04 Å². The summed E-state index contributed by atoms with van der Waals surface area (Å²) < 4.78 is 2.17. The van der Waals surface area contributed by atoms with Gasteiger partial charge in [-0.05, 0) is 80.4 Å². The first-order valence-corrected chi connectivity index (χ1v) is 15.9. The Bertz CT molecular complexity index is 1460. The number of piperidine rings is 1. The molecule has 3 aromatic rings. The monoisotopic (exact) mass is 581 g/mol. The lowest BCUT2D eigenvalue weighted by Crippen LogP contribution is -2.48. The summed E-state index contributed by atoms with van der Waals surface area (Å²) in [5.41, 5.74) is 6.45. The summed E-state index contributed by atoms with van der Waals surface area (Å²) in [5.74, 6) is 0.472. The number of carboxylic acids is 1. The van der Waals surface area contributed by atoms with E-state index in [1.807, 2.05) is 39.0 Å². The van der Waals surface area contributed by atoms with Crippen molar-refractivity contribution >= 4 is 5.97 Å². The summed E-state index contributed by atoms with van der Waals surface area (Å²) in [6, 6.07) is 20.6. The van der Waals surface area contributed by atoms with E-state index in [4.69, 9.17) is 5.10 Å². The van der Waals surface area contributed by atoms with E-state index >= 15 is 0 Å². The van der Waals surface area contributed by atoms with E-state index in [1.54, 1.807) is 0 Å². The number of benzene rings is 2. The lowest BCUT2D eigenvalue weighted by Gasteiger charge is -2.36. The third-order valence-corrected chi connectivity index (χ3v) is 9.46. The number of aromatic nitrogens is 2. The molecule has 2 aromatic carbocycles. The molecule has 2 saturated heterocycles. The Morgan fingerprint density at radius 2 is 1.84 bits per heavy atom. The van der Waals surface area contributed by atoms with Crippen LogP contribution in [-0.4, -0.2) is 69.4 Å². The highest BCUT2D eigenvalue weighted by atomic mass is 16.4. The average Bonchev–Trinajstić information content (AvgIpc) is 3.56. The molecule has 1 N–H and O–H groups in total. The maximum absolute atomic E-state index is 12.4. The number of hydrogen-bond donors (Lipinski definition) is 1. The Kier molecular flexibility index (Phi) is 9.39. The highest BCUT2D eigenvalue weighted by Gasteiger charge is 2.44. The number of carbonyl (C=O) groups is 1. The fourth-order valence-electron chi connectivity index (χ4n) is 7.51. The van der Waals surface area contributed by atoms with E-state index < -0.39 is 12.0 Å². The van der Waals surface area contributed by atoms with E-state index in [1.165, 1.54) is 16.8 Å². The smallest absolute Gasteiger partial charge is 0.321 e. The molecule has 3 unspecified atom stereocenters. The Labute approximate surface area is 257 Å². The number of aliphatic carboxylic acids is 1. The van der Waals surface area contributed by atoms with Crippen molar-refractivity contribution in [3.8, 4) is 6.07 Å². The van der Waals surface area contributed by atoms with Gasteiger partial charge in [0.15, 0.2) is 0 Å². The molecule has 2 aliphatic rings. The van der Waals surface area contributed by atoms with Crippen LogP contribution in [0.1, 0.15) is 86.0 Å². The summed E-state index contributed by atoms with van der Waals surface area (Å²) in [5, 5.41) is 24.4. The zero-order valence-corrected chi connectivity index (χ0v) is 26.5. The number of hydrogen-bond acceptors (Lipinski definition) is 5. The standard InChI is InChI=1S/C36H47N5O2/c1-6-41-33(20-31(38-41)19-26-10-8-11-27(18-26)21-37)28-13-15-39(16-14-28)22-30-23-40(34(35(42)43)36(3,4)5)24-32(30)29-12-7-9-25(2)17-29/h7-12,17-18,20,28,30,32,34H,6,13-16,19,22-24H2,1-5H3,(H,42,43). The lowest BCUT2D eigenvalue weighted by atomic mass is 9.85. The molecule has 1 aromatic heterocycles. The zero-order valence-electron chi connectivity index (χ0n) is 26.5. The molecule has 3 heterocycles. The van der Waals surface area contributed by atoms with Gasteiger partial charge < -0.3 is 10.0 Å². The molecular formula is C36H47N5O2. The first kappa shape index (κ1) is 31.0. The van der Waals surface area contributed by atoms with Crippen LogP contribution in [0, 0.1) is 29.6 Å². The molecule has 2 aliphatic heterocycles. The SMILES string of the molecule is CCn1nc(Cc2cccc(C#N)c2)cc1C1CCN(CC2CN(C(C(=O)O)C(C)(C)C)CC2c2cccc(C)c2)CC1. The third-order valence-electron chi connectivity index (χ3n) is 9.46. The number of rotatable bonds is 9. The average molecular weight is 582 g/mol. The van der Waals surface area contributed by atoms with Gasteiger partial charge in [-0.2, -0.15) is 10.4 Å². The number of nitriles is 1. The minimum atomic E-state index is -0.721. The van der Waals surface area contributed by atoms with Crippen LogP contribution < -0.4 is 0 Å². The van der Waals surface area contributed by atoms with Crippen molar-refractivity contribution in [3.63, 3.8) is 0 Å². The second-order valence-corrected chi connectivity index (χ2v) is 13.8. The van der Waals surface area contributed by atoms with Crippen LogP contribution in [0.3, 0.4) is 0 Å². The topological polar surface area (TPSA) is 85.4 Å². The van der Waals surface area contributed by atoms with Crippen molar-refractivity contribution < 1.29 is 9.90 Å². The van der Waals surface area contributed by atoms with Gasteiger partial charge in [0, 0.05) is 50.1 Å². The number of nitrogens with zero attached hydrogens (tertiary/aromatic N) is 5. The summed E-state index contributed by atoms with van der Waals surface area (Å²) in [4.78, 5) is 17.3. The highest BCUT2D eigenvalue weighted by molar-refractivity contribution is 5.74. The molecule has 0 amide bonds. The number of carboxylic acid groups (broad SMARTS) is 1. The van der Waals surface area contributed by atoms with Gasteiger partial charge in [0.25, 0.3) is 0 Å². The van der Waals surface area contributed by atoms with Gasteiger partial charge in [-0.1, -0.05) is 62.7 Å². The third kappa shape index (κ3) is 7.20. The van der Waals surface area contributed by atoms with Gasteiger partial charge in [-0.3, -0.25) is 14.4 Å². The normalized spacial score (nSPS) is 21.1. The Morgan fingerprint density at radius 3 is 2.49 bits per heavy atom. The summed E-state index contributed by atoms with van der Waals surface area (Å²) in [7, 11) is 0. The maximum Gasteiger partial charge on any atom is 0.321 e. The van der Waals surface area contributed by atoms with Crippen LogP contribution in [0.25, 0.3) is 0 Å². The summed E-state index contributed by atoms with van der Waals surface area (Å²) >= 11 is 0. The largest absolute Gasteiger partial charge is 0.480 e. The van der Waals surface area contributed by atoms with E-state index in [-0.39, 0.29) is 5.41 Å². The molecular weight excluding hydrogens is 534 g/mol. The number of aryl methyl sites for hydroxylation is 2. The van der Waals surface area contributed by atoms with Gasteiger partial charge in [0.2, 0.25) is 0 Å². The summed E-state index contributed by atoms with van der Waals surface area (Å²) in [6.45, 7) is 15.9. The van der Waals surface area contributed by atoms with Gasteiger partial charge in [0.05, 0.1) is 17.3 Å². The Morgan fingerprint density at radius 1 is 1.09 bits per heavy atom. The van der Waals surface area contributed by atoms with Gasteiger partial charge >= 0.3 is 5.97 Å². The van der Waals surface area contributed by atoms with Crippen LogP contribution in [0.15, 0.2) is 54.6 Å². The van der Waals surface area contributed by atoms with Crippen LogP contribution >= 0.6 is 0 Å². The molecule has 2 fully saturated rings. The van der Waals surface area contributed by atoms with E-state index in [0.717, 1.165) is 69.8 Å². The Balaban J connectivity index is 1.27. The molecule has 43 heavy (non-hydrogen) atoms.